The highest BCUT2D eigenvalue weighted by Gasteiger charge is 2.17. The van der Waals surface area contributed by atoms with E-state index < -0.39 is 0 Å². The summed E-state index contributed by atoms with van der Waals surface area (Å²) in [7, 11) is 0. The molecule has 0 bridgehead atoms. The molecule has 2 heterocycles. The van der Waals surface area contributed by atoms with Crippen LogP contribution in [0, 0.1) is 0 Å². The Labute approximate surface area is 169 Å². The third-order valence-electron chi connectivity index (χ3n) is 4.91. The van der Waals surface area contributed by atoms with Crippen LogP contribution in [0.15, 0.2) is 108 Å². The summed E-state index contributed by atoms with van der Waals surface area (Å²) in [5, 5.41) is 1.08. The Morgan fingerprint density at radius 2 is 1.52 bits per heavy atom. The van der Waals surface area contributed by atoms with Crippen LogP contribution in [0.25, 0.3) is 33.4 Å². The van der Waals surface area contributed by atoms with Crippen molar-refractivity contribution in [1.82, 2.24) is 4.98 Å². The number of furan rings is 1. The highest BCUT2D eigenvalue weighted by molar-refractivity contribution is 6.01. The molecule has 3 aromatic carbocycles. The minimum absolute atomic E-state index is 0.547. The van der Waals surface area contributed by atoms with Crippen molar-refractivity contribution in [2.24, 2.45) is 0 Å². The van der Waals surface area contributed by atoms with Gasteiger partial charge in [0.05, 0.1) is 0 Å². The number of ether oxygens (including phenoxy) is 1. The maximum Gasteiger partial charge on any atom is 0.143 e. The van der Waals surface area contributed by atoms with Crippen LogP contribution in [0.3, 0.4) is 0 Å². The lowest BCUT2D eigenvalue weighted by Crippen LogP contribution is -1.94. The van der Waals surface area contributed by atoms with Gasteiger partial charge in [-0.2, -0.15) is 0 Å². The Kier molecular flexibility index (Phi) is 4.55. The number of hydrogen-bond donors (Lipinski definition) is 0. The van der Waals surface area contributed by atoms with Crippen LogP contribution in [0.2, 0.25) is 0 Å². The van der Waals surface area contributed by atoms with E-state index >= 15 is 0 Å². The van der Waals surface area contributed by atoms with Crippen LogP contribution in [-0.2, 0) is 6.61 Å². The Balaban J connectivity index is 1.49. The SMILES string of the molecule is c1ccc(COc2ccc(-c3oc4ccccc4c3-c3cccnc3)cc2)cc1. The first-order valence-corrected chi connectivity index (χ1v) is 9.57. The molecule has 0 aliphatic rings. The molecule has 0 unspecified atom stereocenters. The van der Waals surface area contributed by atoms with Gasteiger partial charge in [0.25, 0.3) is 0 Å². The van der Waals surface area contributed by atoms with E-state index in [4.69, 9.17) is 9.15 Å². The largest absolute Gasteiger partial charge is 0.489 e. The lowest BCUT2D eigenvalue weighted by atomic mass is 10.00. The maximum absolute atomic E-state index is 6.24. The van der Waals surface area contributed by atoms with E-state index in [1.54, 1.807) is 6.20 Å². The van der Waals surface area contributed by atoms with Crippen LogP contribution < -0.4 is 4.74 Å². The fourth-order valence-electron chi connectivity index (χ4n) is 3.49. The van der Waals surface area contributed by atoms with E-state index in [9.17, 15) is 0 Å². The summed E-state index contributed by atoms with van der Waals surface area (Å²) in [5.41, 5.74) is 5.12. The molecular formula is C26H19NO2. The highest BCUT2D eigenvalue weighted by atomic mass is 16.5. The standard InChI is InChI=1S/C26H19NO2/c1-2-7-19(8-3-1)18-28-22-14-12-20(13-15-22)26-25(21-9-6-16-27-17-21)23-10-4-5-11-24(23)29-26/h1-17H,18H2. The van der Waals surface area contributed by atoms with Gasteiger partial charge < -0.3 is 9.15 Å². The van der Waals surface area contributed by atoms with Crippen LogP contribution in [0.4, 0.5) is 0 Å². The van der Waals surface area contributed by atoms with Crippen molar-refractivity contribution < 1.29 is 9.15 Å². The Hall–Kier alpha value is -3.85. The summed E-state index contributed by atoms with van der Waals surface area (Å²) in [6.07, 6.45) is 3.66. The Morgan fingerprint density at radius 3 is 2.31 bits per heavy atom. The van der Waals surface area contributed by atoms with Crippen LogP contribution in [-0.4, -0.2) is 4.98 Å². The molecule has 0 amide bonds. The lowest BCUT2D eigenvalue weighted by molar-refractivity contribution is 0.306. The van der Waals surface area contributed by atoms with Crippen molar-refractivity contribution in [3.63, 3.8) is 0 Å². The van der Waals surface area contributed by atoms with Crippen LogP contribution in [0.5, 0.6) is 5.75 Å². The average molecular weight is 377 g/mol. The van der Waals surface area contributed by atoms with Crippen LogP contribution in [0.1, 0.15) is 5.56 Å². The van der Waals surface area contributed by atoms with Gasteiger partial charge in [0.1, 0.15) is 23.7 Å². The number of para-hydroxylation sites is 1. The number of nitrogens with zero attached hydrogens (tertiary/aromatic N) is 1. The Morgan fingerprint density at radius 1 is 0.724 bits per heavy atom. The molecule has 5 aromatic rings. The molecule has 0 aliphatic carbocycles. The molecule has 0 atom stereocenters. The van der Waals surface area contributed by atoms with E-state index in [0.29, 0.717) is 6.61 Å². The van der Waals surface area contributed by atoms with E-state index in [-0.39, 0.29) is 0 Å². The van der Waals surface area contributed by atoms with Crippen molar-refractivity contribution in [3.05, 3.63) is 109 Å². The molecule has 0 spiro atoms. The van der Waals surface area contributed by atoms with Crippen LogP contribution >= 0.6 is 0 Å². The third-order valence-corrected chi connectivity index (χ3v) is 4.91. The number of rotatable bonds is 5. The second kappa shape index (κ2) is 7.64. The fourth-order valence-corrected chi connectivity index (χ4v) is 3.49. The van der Waals surface area contributed by atoms with Gasteiger partial charge >= 0.3 is 0 Å². The summed E-state index contributed by atoms with van der Waals surface area (Å²) < 4.78 is 12.2. The first kappa shape index (κ1) is 17.3. The zero-order chi connectivity index (χ0) is 19.5. The van der Waals surface area contributed by atoms with Crippen molar-refractivity contribution in [1.29, 1.82) is 0 Å². The first-order chi connectivity index (χ1) is 14.4. The van der Waals surface area contributed by atoms with Crippen molar-refractivity contribution in [2.45, 2.75) is 6.61 Å². The third kappa shape index (κ3) is 3.50. The van der Waals surface area contributed by atoms with Crippen molar-refractivity contribution in [3.8, 4) is 28.2 Å². The molecule has 0 saturated carbocycles. The molecule has 5 rings (SSSR count). The van der Waals surface area contributed by atoms with Crippen molar-refractivity contribution >= 4 is 11.0 Å². The fraction of sp³-hybridized carbons (Fsp3) is 0.0385. The molecule has 3 heteroatoms. The monoisotopic (exact) mass is 377 g/mol. The summed E-state index contributed by atoms with van der Waals surface area (Å²) >= 11 is 0. The zero-order valence-corrected chi connectivity index (χ0v) is 15.8. The number of hydrogen-bond acceptors (Lipinski definition) is 3. The smallest absolute Gasteiger partial charge is 0.143 e. The van der Waals surface area contributed by atoms with E-state index in [1.807, 2.05) is 72.9 Å². The van der Waals surface area contributed by atoms with Gasteiger partial charge in [-0.15, -0.1) is 0 Å². The maximum atomic E-state index is 6.24. The van der Waals surface area contributed by atoms with Crippen molar-refractivity contribution in [2.75, 3.05) is 0 Å². The second-order valence-electron chi connectivity index (χ2n) is 6.84. The predicted octanol–water partition coefficient (Wildman–Crippen LogP) is 6.74. The van der Waals surface area contributed by atoms with E-state index in [1.165, 1.54) is 0 Å². The van der Waals surface area contributed by atoms with Gasteiger partial charge in [-0.25, -0.2) is 0 Å². The zero-order valence-electron chi connectivity index (χ0n) is 15.8. The minimum Gasteiger partial charge on any atom is -0.489 e. The molecule has 0 N–H and O–H groups in total. The first-order valence-electron chi connectivity index (χ1n) is 9.57. The number of fused-ring (bicyclic) bond motifs is 1. The summed E-state index contributed by atoms with van der Waals surface area (Å²) in [4.78, 5) is 4.29. The molecule has 0 aliphatic heterocycles. The molecule has 140 valence electrons. The molecule has 3 nitrogen and oxygen atoms in total. The minimum atomic E-state index is 0.547. The topological polar surface area (TPSA) is 35.3 Å². The van der Waals surface area contributed by atoms with E-state index in [0.717, 1.165) is 44.7 Å². The predicted molar refractivity (Wildman–Crippen MR) is 116 cm³/mol. The quantitative estimate of drug-likeness (QED) is 0.340. The molecule has 0 fully saturated rings. The molecule has 2 aromatic heterocycles. The van der Waals surface area contributed by atoms with E-state index in [2.05, 4.69) is 29.2 Å². The molecule has 29 heavy (non-hydrogen) atoms. The van der Waals surface area contributed by atoms with Gasteiger partial charge in [0, 0.05) is 34.5 Å². The number of pyridine rings is 1. The summed E-state index contributed by atoms with van der Waals surface area (Å²) in [6.45, 7) is 0.547. The van der Waals surface area contributed by atoms with Gasteiger partial charge in [-0.05, 0) is 42.0 Å². The Bertz CT molecular complexity index is 1230. The summed E-state index contributed by atoms with van der Waals surface area (Å²) in [6, 6.07) is 30.3. The number of benzene rings is 3. The van der Waals surface area contributed by atoms with Gasteiger partial charge in [-0.3, -0.25) is 4.98 Å². The molecular weight excluding hydrogens is 358 g/mol. The lowest BCUT2D eigenvalue weighted by Gasteiger charge is -2.08. The van der Waals surface area contributed by atoms with Gasteiger partial charge in [0.2, 0.25) is 0 Å². The number of aromatic nitrogens is 1. The normalized spacial score (nSPS) is 10.9. The summed E-state index contributed by atoms with van der Waals surface area (Å²) in [5.74, 6) is 1.67. The highest BCUT2D eigenvalue weighted by Crippen LogP contribution is 2.40. The molecule has 0 saturated heterocycles. The average Bonchev–Trinajstić information content (AvgIpc) is 3.19. The van der Waals surface area contributed by atoms with Gasteiger partial charge in [0.15, 0.2) is 0 Å². The van der Waals surface area contributed by atoms with Gasteiger partial charge in [-0.1, -0.05) is 54.6 Å². The molecule has 0 radical (unpaired) electrons. The second-order valence-corrected chi connectivity index (χ2v) is 6.84.